The fourth-order valence-corrected chi connectivity index (χ4v) is 4.43. The van der Waals surface area contributed by atoms with Gasteiger partial charge in [0.15, 0.2) is 0 Å². The fraction of sp³-hybridized carbons (Fsp3) is 0.364. The van der Waals surface area contributed by atoms with Crippen LogP contribution in [0.15, 0.2) is 36.4 Å². The number of carbonyl (C=O) groups is 2. The molecule has 7 nitrogen and oxygen atoms in total. The van der Waals surface area contributed by atoms with E-state index in [0.717, 1.165) is 21.7 Å². The molecule has 0 unspecified atom stereocenters. The van der Waals surface area contributed by atoms with Crippen LogP contribution < -0.4 is 9.62 Å². The number of nitrogens with zero attached hydrogens (tertiary/aromatic N) is 1. The van der Waals surface area contributed by atoms with Crippen LogP contribution >= 0.6 is 0 Å². The predicted octanol–water partition coefficient (Wildman–Crippen LogP) is 3.58. The number of anilines is 2. The fourth-order valence-electron chi connectivity index (χ4n) is 3.27. The molecular formula is C22H28N2O5S. The van der Waals surface area contributed by atoms with Crippen molar-refractivity contribution in [2.45, 2.75) is 40.7 Å². The minimum atomic E-state index is -3.71. The Hall–Kier alpha value is -2.87. The first kappa shape index (κ1) is 23.4. The lowest BCUT2D eigenvalue weighted by molar-refractivity contribution is -0.116. The molecule has 0 radical (unpaired) electrons. The monoisotopic (exact) mass is 432 g/mol. The van der Waals surface area contributed by atoms with Gasteiger partial charge in [0.05, 0.1) is 24.1 Å². The summed E-state index contributed by atoms with van der Waals surface area (Å²) in [5, 5.41) is 2.76. The van der Waals surface area contributed by atoms with Crippen molar-refractivity contribution in [3.8, 4) is 0 Å². The smallest absolute Gasteiger partial charge is 0.338 e. The Bertz CT molecular complexity index is 1040. The molecule has 0 bridgehead atoms. The summed E-state index contributed by atoms with van der Waals surface area (Å²) in [5.41, 5.74) is 3.78. The molecule has 0 heterocycles. The maximum atomic E-state index is 12.9. The third-order valence-corrected chi connectivity index (χ3v) is 5.79. The van der Waals surface area contributed by atoms with Crippen LogP contribution in [0.2, 0.25) is 0 Å². The number of carbonyl (C=O) groups excluding carboxylic acids is 2. The molecule has 2 aromatic carbocycles. The van der Waals surface area contributed by atoms with Gasteiger partial charge in [0.2, 0.25) is 15.9 Å². The number of rotatable bonds is 7. The van der Waals surface area contributed by atoms with Crippen molar-refractivity contribution in [3.05, 3.63) is 58.7 Å². The second-order valence-electron chi connectivity index (χ2n) is 7.32. The Morgan fingerprint density at radius 3 is 2.17 bits per heavy atom. The van der Waals surface area contributed by atoms with E-state index < -0.39 is 27.9 Å². The number of hydrogen-bond acceptors (Lipinski definition) is 5. The summed E-state index contributed by atoms with van der Waals surface area (Å²) in [6.07, 6.45) is 1.08. The summed E-state index contributed by atoms with van der Waals surface area (Å²) in [4.78, 5) is 24.8. The van der Waals surface area contributed by atoms with Gasteiger partial charge in [-0.25, -0.2) is 13.2 Å². The lowest BCUT2D eigenvalue weighted by Gasteiger charge is -2.29. The molecule has 1 N–H and O–H groups in total. The molecule has 0 aliphatic heterocycles. The van der Waals surface area contributed by atoms with Gasteiger partial charge in [-0.15, -0.1) is 0 Å². The van der Waals surface area contributed by atoms with Gasteiger partial charge < -0.3 is 10.1 Å². The van der Waals surface area contributed by atoms with Crippen LogP contribution in [-0.2, 0) is 19.6 Å². The van der Waals surface area contributed by atoms with Crippen molar-refractivity contribution >= 4 is 33.3 Å². The Morgan fingerprint density at radius 2 is 1.67 bits per heavy atom. The van der Waals surface area contributed by atoms with Crippen molar-refractivity contribution in [1.29, 1.82) is 0 Å². The zero-order valence-electron chi connectivity index (χ0n) is 18.1. The minimum absolute atomic E-state index is 0.271. The van der Waals surface area contributed by atoms with Crippen LogP contribution in [0.5, 0.6) is 0 Å². The first-order chi connectivity index (χ1) is 13.9. The van der Waals surface area contributed by atoms with Gasteiger partial charge in [0.1, 0.15) is 6.04 Å². The third kappa shape index (κ3) is 5.60. The minimum Gasteiger partial charge on any atom is -0.462 e. The summed E-state index contributed by atoms with van der Waals surface area (Å²) < 4.78 is 31.1. The van der Waals surface area contributed by atoms with Crippen LogP contribution in [-0.4, -0.2) is 39.2 Å². The van der Waals surface area contributed by atoms with E-state index in [2.05, 4.69) is 5.32 Å². The topological polar surface area (TPSA) is 92.8 Å². The number of esters is 1. The highest BCUT2D eigenvalue weighted by molar-refractivity contribution is 7.92. The Kier molecular flexibility index (Phi) is 7.25. The number of amides is 1. The molecule has 8 heteroatoms. The summed E-state index contributed by atoms with van der Waals surface area (Å²) >= 11 is 0. The molecule has 0 saturated heterocycles. The highest BCUT2D eigenvalue weighted by Crippen LogP contribution is 2.25. The second kappa shape index (κ2) is 9.30. The molecular weight excluding hydrogens is 404 g/mol. The molecule has 0 aromatic heterocycles. The summed E-state index contributed by atoms with van der Waals surface area (Å²) in [7, 11) is -3.71. The van der Waals surface area contributed by atoms with Crippen molar-refractivity contribution in [3.63, 3.8) is 0 Å². The van der Waals surface area contributed by atoms with Crippen LogP contribution in [0.1, 0.15) is 40.9 Å². The van der Waals surface area contributed by atoms with Crippen LogP contribution in [0.3, 0.4) is 0 Å². The number of hydrogen-bond donors (Lipinski definition) is 1. The molecule has 0 aliphatic rings. The maximum Gasteiger partial charge on any atom is 0.338 e. The Balaban J connectivity index is 2.31. The lowest BCUT2D eigenvalue weighted by Crippen LogP contribution is -2.45. The van der Waals surface area contributed by atoms with E-state index in [4.69, 9.17) is 4.74 Å². The number of nitrogens with one attached hydrogen (secondary N) is 1. The average Bonchev–Trinajstić information content (AvgIpc) is 2.61. The number of ether oxygens (including phenoxy) is 1. The second-order valence-corrected chi connectivity index (χ2v) is 9.18. The molecule has 162 valence electrons. The zero-order chi connectivity index (χ0) is 22.6. The predicted molar refractivity (Wildman–Crippen MR) is 118 cm³/mol. The molecule has 30 heavy (non-hydrogen) atoms. The third-order valence-electron chi connectivity index (χ3n) is 4.54. The van der Waals surface area contributed by atoms with Gasteiger partial charge in [-0.3, -0.25) is 9.10 Å². The summed E-state index contributed by atoms with van der Waals surface area (Å²) in [5.74, 6) is -0.920. The standard InChI is InChI=1S/C22H28N2O5S/c1-7-29-22(26)18-8-9-20(16(4)13-18)23-21(25)17(5)24(30(6,27)28)19-11-14(2)10-15(3)12-19/h8-13,17H,7H2,1-6H3,(H,23,25)/t17-/m1/s1. The first-order valence-corrected chi connectivity index (χ1v) is 11.4. The number of sulfonamides is 1. The molecule has 1 amide bonds. The van der Waals surface area contributed by atoms with Gasteiger partial charge in [-0.05, 0) is 81.6 Å². The van der Waals surface area contributed by atoms with E-state index in [1.54, 1.807) is 44.2 Å². The van der Waals surface area contributed by atoms with Crippen molar-refractivity contribution in [2.75, 3.05) is 22.5 Å². The van der Waals surface area contributed by atoms with Crippen molar-refractivity contribution in [1.82, 2.24) is 0 Å². The van der Waals surface area contributed by atoms with Crippen LogP contribution in [0, 0.1) is 20.8 Å². The Labute approximate surface area is 178 Å². The van der Waals surface area contributed by atoms with Crippen molar-refractivity contribution < 1.29 is 22.7 Å². The maximum absolute atomic E-state index is 12.9. The molecule has 0 aliphatic carbocycles. The van der Waals surface area contributed by atoms with Gasteiger partial charge in [0, 0.05) is 5.69 Å². The van der Waals surface area contributed by atoms with Gasteiger partial charge in [0.25, 0.3) is 0 Å². The normalized spacial score (nSPS) is 12.2. The van der Waals surface area contributed by atoms with E-state index in [0.29, 0.717) is 22.5 Å². The molecule has 2 rings (SSSR count). The van der Waals surface area contributed by atoms with Crippen LogP contribution in [0.4, 0.5) is 11.4 Å². The highest BCUT2D eigenvalue weighted by atomic mass is 32.2. The van der Waals surface area contributed by atoms with E-state index in [9.17, 15) is 18.0 Å². The van der Waals surface area contributed by atoms with Crippen molar-refractivity contribution in [2.24, 2.45) is 0 Å². The quantitative estimate of drug-likeness (QED) is 0.675. The highest BCUT2D eigenvalue weighted by Gasteiger charge is 2.29. The first-order valence-electron chi connectivity index (χ1n) is 9.60. The van der Waals surface area contributed by atoms with Gasteiger partial charge in [-0.1, -0.05) is 6.07 Å². The van der Waals surface area contributed by atoms with E-state index >= 15 is 0 Å². The van der Waals surface area contributed by atoms with Crippen LogP contribution in [0.25, 0.3) is 0 Å². The van der Waals surface area contributed by atoms with E-state index in [1.165, 1.54) is 6.92 Å². The van der Waals surface area contributed by atoms with E-state index in [-0.39, 0.29) is 6.61 Å². The lowest BCUT2D eigenvalue weighted by atomic mass is 10.1. The van der Waals surface area contributed by atoms with E-state index in [1.807, 2.05) is 19.9 Å². The molecule has 1 atom stereocenters. The van der Waals surface area contributed by atoms with Gasteiger partial charge in [-0.2, -0.15) is 0 Å². The largest absolute Gasteiger partial charge is 0.462 e. The Morgan fingerprint density at radius 1 is 1.07 bits per heavy atom. The zero-order valence-corrected chi connectivity index (χ0v) is 19.0. The number of benzene rings is 2. The SMILES string of the molecule is CCOC(=O)c1ccc(NC(=O)[C@@H](C)N(c2cc(C)cc(C)c2)S(C)(=O)=O)c(C)c1. The molecule has 2 aromatic rings. The summed E-state index contributed by atoms with van der Waals surface area (Å²) in [6, 6.07) is 9.20. The molecule has 0 saturated carbocycles. The molecule has 0 spiro atoms. The average molecular weight is 433 g/mol. The molecule has 0 fully saturated rings. The number of aryl methyl sites for hydroxylation is 3. The summed E-state index contributed by atoms with van der Waals surface area (Å²) in [6.45, 7) is 9.03. The van der Waals surface area contributed by atoms with Gasteiger partial charge >= 0.3 is 5.97 Å².